The topological polar surface area (TPSA) is 101 Å². The second-order valence-corrected chi connectivity index (χ2v) is 5.18. The van der Waals surface area contributed by atoms with E-state index in [1.165, 1.54) is 18.9 Å². The van der Waals surface area contributed by atoms with Crippen molar-refractivity contribution in [1.29, 1.82) is 0 Å². The average Bonchev–Trinajstić information content (AvgIpc) is 2.41. The lowest BCUT2D eigenvalue weighted by Crippen LogP contribution is -2.42. The molecule has 1 aromatic rings. The van der Waals surface area contributed by atoms with Gasteiger partial charge in [0.05, 0.1) is 11.3 Å². The summed E-state index contributed by atoms with van der Waals surface area (Å²) in [7, 11) is 1.48. The third kappa shape index (κ3) is 4.68. The number of aliphatic carboxylic acids is 1. The van der Waals surface area contributed by atoms with Crippen molar-refractivity contribution < 1.29 is 19.4 Å². The van der Waals surface area contributed by atoms with Crippen LogP contribution in [0.4, 0.5) is 0 Å². The molecule has 0 bridgehead atoms. The SMILES string of the molecule is COCCC(NC(=O)c1c(C)nc(C)nc1SC)C(=O)O. The third-order valence-corrected chi connectivity index (χ3v) is 3.49. The number of methoxy groups -OCH3 is 1. The summed E-state index contributed by atoms with van der Waals surface area (Å²) in [6.45, 7) is 3.69. The Hall–Kier alpha value is -1.67. The molecule has 0 fully saturated rings. The zero-order chi connectivity index (χ0) is 16.0. The number of aryl methyl sites for hydroxylation is 2. The molecule has 0 aliphatic heterocycles. The molecule has 1 atom stereocenters. The number of carbonyl (C=O) groups is 2. The van der Waals surface area contributed by atoms with Crippen molar-refractivity contribution in [3.05, 3.63) is 17.1 Å². The second-order valence-electron chi connectivity index (χ2n) is 4.39. The monoisotopic (exact) mass is 313 g/mol. The molecule has 0 aliphatic carbocycles. The molecule has 7 nitrogen and oxygen atoms in total. The summed E-state index contributed by atoms with van der Waals surface area (Å²) >= 11 is 1.32. The Morgan fingerprint density at radius 3 is 2.57 bits per heavy atom. The zero-order valence-corrected chi connectivity index (χ0v) is 13.3. The molecule has 1 unspecified atom stereocenters. The molecule has 8 heteroatoms. The van der Waals surface area contributed by atoms with Crippen molar-refractivity contribution in [2.45, 2.75) is 31.3 Å². The van der Waals surface area contributed by atoms with E-state index in [0.717, 1.165) is 0 Å². The fourth-order valence-corrected chi connectivity index (χ4v) is 2.48. The van der Waals surface area contributed by atoms with Crippen molar-refractivity contribution in [3.8, 4) is 0 Å². The Morgan fingerprint density at radius 2 is 2.05 bits per heavy atom. The minimum absolute atomic E-state index is 0.192. The van der Waals surface area contributed by atoms with Gasteiger partial charge in [-0.25, -0.2) is 14.8 Å². The molecule has 1 aromatic heterocycles. The van der Waals surface area contributed by atoms with Gasteiger partial charge in [0, 0.05) is 20.1 Å². The summed E-state index contributed by atoms with van der Waals surface area (Å²) in [5, 5.41) is 12.2. The zero-order valence-electron chi connectivity index (χ0n) is 12.5. The van der Waals surface area contributed by atoms with Gasteiger partial charge in [0.1, 0.15) is 16.9 Å². The van der Waals surface area contributed by atoms with E-state index >= 15 is 0 Å². The third-order valence-electron chi connectivity index (χ3n) is 2.80. The van der Waals surface area contributed by atoms with Gasteiger partial charge < -0.3 is 15.2 Å². The van der Waals surface area contributed by atoms with Crippen LogP contribution < -0.4 is 5.32 Å². The number of carboxylic acids is 1. The van der Waals surface area contributed by atoms with Crippen LogP contribution in [0.15, 0.2) is 5.03 Å². The first-order valence-corrected chi connectivity index (χ1v) is 7.55. The van der Waals surface area contributed by atoms with E-state index in [1.807, 2.05) is 0 Å². The molecular formula is C13H19N3O4S. The minimum atomic E-state index is -1.10. The standard InChI is InChI=1S/C13H19N3O4S/c1-7-10(12(21-4)15-8(2)14-7)11(17)16-9(13(18)19)5-6-20-3/h9H,5-6H2,1-4H3,(H,16,17)(H,18,19). The smallest absolute Gasteiger partial charge is 0.326 e. The molecule has 0 aromatic carbocycles. The van der Waals surface area contributed by atoms with Gasteiger partial charge in [-0.2, -0.15) is 0 Å². The van der Waals surface area contributed by atoms with Crippen molar-refractivity contribution in [3.63, 3.8) is 0 Å². The van der Waals surface area contributed by atoms with Crippen LogP contribution in [0, 0.1) is 13.8 Å². The normalized spacial score (nSPS) is 12.0. The Bertz CT molecular complexity index is 536. The summed E-state index contributed by atoms with van der Waals surface area (Å²) < 4.78 is 4.85. The number of hydrogen-bond acceptors (Lipinski definition) is 6. The molecule has 1 amide bonds. The number of rotatable bonds is 7. The predicted molar refractivity (Wildman–Crippen MR) is 78.7 cm³/mol. The van der Waals surface area contributed by atoms with E-state index in [2.05, 4.69) is 15.3 Å². The van der Waals surface area contributed by atoms with E-state index in [-0.39, 0.29) is 13.0 Å². The number of nitrogens with zero attached hydrogens (tertiary/aromatic N) is 2. The minimum Gasteiger partial charge on any atom is -0.480 e. The first-order valence-electron chi connectivity index (χ1n) is 6.32. The molecule has 2 N–H and O–H groups in total. The Balaban J connectivity index is 3.00. The molecule has 1 rings (SSSR count). The lowest BCUT2D eigenvalue weighted by molar-refractivity contribution is -0.139. The van der Waals surface area contributed by atoms with Crippen LogP contribution in [0.3, 0.4) is 0 Å². The van der Waals surface area contributed by atoms with Gasteiger partial charge in [0.25, 0.3) is 5.91 Å². The van der Waals surface area contributed by atoms with E-state index in [9.17, 15) is 9.59 Å². The summed E-state index contributed by atoms with van der Waals surface area (Å²) in [6, 6.07) is -1.01. The summed E-state index contributed by atoms with van der Waals surface area (Å²) in [5.41, 5.74) is 0.844. The van der Waals surface area contributed by atoms with Crippen LogP contribution in [0.2, 0.25) is 0 Å². The highest BCUT2D eigenvalue weighted by molar-refractivity contribution is 7.98. The Kier molecular flexibility index (Phi) is 6.57. The number of nitrogens with one attached hydrogen (secondary N) is 1. The highest BCUT2D eigenvalue weighted by Crippen LogP contribution is 2.20. The quantitative estimate of drug-likeness (QED) is 0.572. The van der Waals surface area contributed by atoms with Crippen LogP contribution in [0.25, 0.3) is 0 Å². The molecule has 0 saturated heterocycles. The summed E-state index contributed by atoms with van der Waals surface area (Å²) in [4.78, 5) is 31.9. The fourth-order valence-electron chi connectivity index (χ4n) is 1.81. The maximum atomic E-state index is 12.3. The van der Waals surface area contributed by atoms with Gasteiger partial charge in [-0.3, -0.25) is 4.79 Å². The van der Waals surface area contributed by atoms with Crippen LogP contribution in [0.1, 0.15) is 28.3 Å². The first kappa shape index (κ1) is 17.4. The number of ether oxygens (including phenoxy) is 1. The molecular weight excluding hydrogens is 294 g/mol. The van der Waals surface area contributed by atoms with Crippen LogP contribution in [-0.2, 0) is 9.53 Å². The maximum absolute atomic E-state index is 12.3. The van der Waals surface area contributed by atoms with E-state index in [0.29, 0.717) is 22.1 Å². The van der Waals surface area contributed by atoms with Crippen molar-refractivity contribution in [1.82, 2.24) is 15.3 Å². The number of aromatic nitrogens is 2. The average molecular weight is 313 g/mol. The number of hydrogen-bond donors (Lipinski definition) is 2. The Morgan fingerprint density at radius 1 is 1.38 bits per heavy atom. The van der Waals surface area contributed by atoms with Crippen molar-refractivity contribution >= 4 is 23.6 Å². The van der Waals surface area contributed by atoms with Crippen LogP contribution in [0.5, 0.6) is 0 Å². The lowest BCUT2D eigenvalue weighted by Gasteiger charge is -2.16. The largest absolute Gasteiger partial charge is 0.480 e. The summed E-state index contributed by atoms with van der Waals surface area (Å²) in [5.74, 6) is -1.01. The highest BCUT2D eigenvalue weighted by atomic mass is 32.2. The van der Waals surface area contributed by atoms with Crippen LogP contribution in [-0.4, -0.2) is 53.0 Å². The summed E-state index contributed by atoms with van der Waals surface area (Å²) in [6.07, 6.45) is 2.00. The maximum Gasteiger partial charge on any atom is 0.326 e. The van der Waals surface area contributed by atoms with E-state index < -0.39 is 17.9 Å². The molecule has 1 heterocycles. The number of thioether (sulfide) groups is 1. The van der Waals surface area contributed by atoms with Gasteiger partial charge in [-0.05, 0) is 20.1 Å². The fraction of sp³-hybridized carbons (Fsp3) is 0.538. The van der Waals surface area contributed by atoms with Crippen molar-refractivity contribution in [2.75, 3.05) is 20.0 Å². The van der Waals surface area contributed by atoms with Gasteiger partial charge in [0.2, 0.25) is 0 Å². The van der Waals surface area contributed by atoms with E-state index in [1.54, 1.807) is 20.1 Å². The molecule has 0 saturated carbocycles. The molecule has 0 aliphatic rings. The van der Waals surface area contributed by atoms with Gasteiger partial charge in [-0.15, -0.1) is 11.8 Å². The molecule has 0 spiro atoms. The van der Waals surface area contributed by atoms with Gasteiger partial charge in [-0.1, -0.05) is 0 Å². The van der Waals surface area contributed by atoms with Gasteiger partial charge >= 0.3 is 5.97 Å². The number of carbonyl (C=O) groups excluding carboxylic acids is 1. The van der Waals surface area contributed by atoms with Crippen LogP contribution >= 0.6 is 11.8 Å². The molecule has 0 radical (unpaired) electrons. The lowest BCUT2D eigenvalue weighted by atomic mass is 10.1. The first-order chi connectivity index (χ1) is 9.90. The highest BCUT2D eigenvalue weighted by Gasteiger charge is 2.24. The van der Waals surface area contributed by atoms with Gasteiger partial charge in [0.15, 0.2) is 0 Å². The predicted octanol–water partition coefficient (Wildman–Crippen LogP) is 1.03. The number of amides is 1. The van der Waals surface area contributed by atoms with E-state index in [4.69, 9.17) is 9.84 Å². The number of carboxylic acid groups (broad SMARTS) is 1. The Labute approximate surface area is 127 Å². The van der Waals surface area contributed by atoms with Crippen molar-refractivity contribution in [2.24, 2.45) is 0 Å². The molecule has 21 heavy (non-hydrogen) atoms. The molecule has 116 valence electrons. The second kappa shape index (κ2) is 7.94.